The molecular formula is C20H40N4O. The molecule has 1 amide bonds. The minimum absolute atomic E-state index is 0.00681. The molecule has 3 rings (SSSR count). The van der Waals surface area contributed by atoms with Crippen LogP contribution in [-0.4, -0.2) is 85.6 Å². The normalized spacial score (nSPS) is 25.1. The lowest BCUT2D eigenvalue weighted by Crippen LogP contribution is -2.62. The number of nitrogens with one attached hydrogen (secondary N) is 1. The van der Waals surface area contributed by atoms with Gasteiger partial charge in [-0.05, 0) is 45.2 Å². The topological polar surface area (TPSA) is 38.8 Å². The highest BCUT2D eigenvalue weighted by molar-refractivity contribution is 5.77. The van der Waals surface area contributed by atoms with Crippen LogP contribution in [0.5, 0.6) is 0 Å². The Hall–Kier alpha value is -0.650. The number of hydrogen-bond donors (Lipinski definition) is 1. The smallest absolute Gasteiger partial charge is 0.220 e. The van der Waals surface area contributed by atoms with Gasteiger partial charge < -0.3 is 15.1 Å². The predicted octanol–water partition coefficient (Wildman–Crippen LogP) is 2.03. The quantitative estimate of drug-likeness (QED) is 0.794. The molecule has 0 radical (unpaired) electrons. The lowest BCUT2D eigenvalue weighted by atomic mass is 9.86. The summed E-state index contributed by atoms with van der Waals surface area (Å²) in [6, 6.07) is 0. The number of amides is 1. The van der Waals surface area contributed by atoms with Crippen LogP contribution in [0.15, 0.2) is 0 Å². The molecule has 5 heteroatoms. The van der Waals surface area contributed by atoms with E-state index < -0.39 is 0 Å². The summed E-state index contributed by atoms with van der Waals surface area (Å²) in [4.78, 5) is 19.9. The number of nitrogens with zero attached hydrogens (tertiary/aromatic N) is 3. The second-order valence-electron chi connectivity index (χ2n) is 7.99. The van der Waals surface area contributed by atoms with Crippen LogP contribution in [0.2, 0.25) is 0 Å². The van der Waals surface area contributed by atoms with Crippen molar-refractivity contribution in [1.82, 2.24) is 20.0 Å². The average Bonchev–Trinajstić information content (AvgIpc) is 3.44. The van der Waals surface area contributed by atoms with E-state index in [0.29, 0.717) is 11.8 Å². The number of piperidine rings is 1. The van der Waals surface area contributed by atoms with Gasteiger partial charge in [0.1, 0.15) is 0 Å². The largest absolute Gasteiger partial charge is 0.349 e. The van der Waals surface area contributed by atoms with E-state index in [1.54, 1.807) is 0 Å². The van der Waals surface area contributed by atoms with E-state index in [0.717, 1.165) is 58.5 Å². The summed E-state index contributed by atoms with van der Waals surface area (Å²) in [5.41, 5.74) is 0.00681. The van der Waals surface area contributed by atoms with Gasteiger partial charge in [0.15, 0.2) is 0 Å². The third-order valence-corrected chi connectivity index (χ3v) is 5.96. The molecule has 2 aliphatic heterocycles. The van der Waals surface area contributed by atoms with Crippen LogP contribution in [0, 0.1) is 5.92 Å². The van der Waals surface area contributed by atoms with Gasteiger partial charge in [0, 0.05) is 52.2 Å². The second-order valence-corrected chi connectivity index (χ2v) is 7.99. The van der Waals surface area contributed by atoms with Gasteiger partial charge in [-0.15, -0.1) is 0 Å². The highest BCUT2D eigenvalue weighted by atomic mass is 16.1. The van der Waals surface area contributed by atoms with Crippen LogP contribution in [0.3, 0.4) is 0 Å². The minimum atomic E-state index is 0.00681. The van der Waals surface area contributed by atoms with Gasteiger partial charge >= 0.3 is 0 Å². The number of piperazine rings is 1. The molecule has 1 saturated carbocycles. The van der Waals surface area contributed by atoms with E-state index in [1.165, 1.54) is 25.9 Å². The first kappa shape index (κ1) is 20.7. The molecule has 2 heterocycles. The molecule has 3 aliphatic rings. The highest BCUT2D eigenvalue weighted by Crippen LogP contribution is 2.33. The van der Waals surface area contributed by atoms with Crippen molar-refractivity contribution in [2.75, 3.05) is 59.4 Å². The van der Waals surface area contributed by atoms with Crippen LogP contribution >= 0.6 is 0 Å². The van der Waals surface area contributed by atoms with E-state index in [2.05, 4.69) is 34.0 Å². The van der Waals surface area contributed by atoms with E-state index in [-0.39, 0.29) is 5.54 Å². The van der Waals surface area contributed by atoms with Crippen LogP contribution in [0.4, 0.5) is 0 Å². The SMILES string of the molecule is CC.CCN1CCN(CC2(NC(=O)CC3CC3)CCN(C)CC2)CC1. The second kappa shape index (κ2) is 9.89. The Labute approximate surface area is 155 Å². The van der Waals surface area contributed by atoms with Crippen molar-refractivity contribution < 1.29 is 4.79 Å². The number of rotatable bonds is 6. The Balaban J connectivity index is 0.00000109. The Morgan fingerprint density at radius 3 is 2.08 bits per heavy atom. The zero-order valence-electron chi connectivity index (χ0n) is 17.0. The lowest BCUT2D eigenvalue weighted by molar-refractivity contribution is -0.124. The van der Waals surface area contributed by atoms with Gasteiger partial charge in [0.25, 0.3) is 0 Å². The molecular weight excluding hydrogens is 312 g/mol. The molecule has 0 unspecified atom stereocenters. The van der Waals surface area contributed by atoms with Crippen molar-refractivity contribution in [2.45, 2.75) is 58.4 Å². The predicted molar refractivity (Wildman–Crippen MR) is 105 cm³/mol. The van der Waals surface area contributed by atoms with Crippen LogP contribution in [-0.2, 0) is 4.79 Å². The Bertz CT molecular complexity index is 395. The van der Waals surface area contributed by atoms with Crippen LogP contribution in [0.1, 0.15) is 52.9 Å². The molecule has 1 N–H and O–H groups in total. The van der Waals surface area contributed by atoms with Crippen molar-refractivity contribution in [3.8, 4) is 0 Å². The zero-order valence-corrected chi connectivity index (χ0v) is 17.0. The molecule has 25 heavy (non-hydrogen) atoms. The van der Waals surface area contributed by atoms with Gasteiger partial charge in [0.2, 0.25) is 5.91 Å². The molecule has 0 atom stereocenters. The molecule has 0 aromatic rings. The number of likely N-dealkylation sites (N-methyl/N-ethyl adjacent to an activating group) is 1. The fraction of sp³-hybridized carbons (Fsp3) is 0.950. The molecule has 2 saturated heterocycles. The summed E-state index contributed by atoms with van der Waals surface area (Å²) < 4.78 is 0. The molecule has 0 aromatic heterocycles. The monoisotopic (exact) mass is 352 g/mol. The summed E-state index contributed by atoms with van der Waals surface area (Å²) in [7, 11) is 2.19. The van der Waals surface area contributed by atoms with Crippen LogP contribution < -0.4 is 5.32 Å². The van der Waals surface area contributed by atoms with Crippen molar-refractivity contribution >= 4 is 5.91 Å². The first-order valence-electron chi connectivity index (χ1n) is 10.5. The average molecular weight is 353 g/mol. The van der Waals surface area contributed by atoms with Gasteiger partial charge in [-0.3, -0.25) is 9.69 Å². The zero-order chi connectivity index (χ0) is 18.3. The lowest BCUT2D eigenvalue weighted by Gasteiger charge is -2.46. The molecule has 5 nitrogen and oxygen atoms in total. The van der Waals surface area contributed by atoms with Gasteiger partial charge in [0.05, 0.1) is 5.54 Å². The van der Waals surface area contributed by atoms with Crippen molar-refractivity contribution in [3.63, 3.8) is 0 Å². The van der Waals surface area contributed by atoms with Crippen molar-refractivity contribution in [3.05, 3.63) is 0 Å². The van der Waals surface area contributed by atoms with E-state index in [9.17, 15) is 4.79 Å². The van der Waals surface area contributed by atoms with Crippen LogP contribution in [0.25, 0.3) is 0 Å². The van der Waals surface area contributed by atoms with E-state index >= 15 is 0 Å². The number of carbonyl (C=O) groups is 1. The highest BCUT2D eigenvalue weighted by Gasteiger charge is 2.38. The number of hydrogen-bond acceptors (Lipinski definition) is 4. The van der Waals surface area contributed by atoms with Gasteiger partial charge in [-0.1, -0.05) is 20.8 Å². The van der Waals surface area contributed by atoms with Crippen molar-refractivity contribution in [1.29, 1.82) is 0 Å². The van der Waals surface area contributed by atoms with E-state index in [4.69, 9.17) is 0 Å². The number of carbonyl (C=O) groups excluding carboxylic acids is 1. The first-order valence-corrected chi connectivity index (χ1v) is 10.5. The fourth-order valence-corrected chi connectivity index (χ4v) is 3.99. The molecule has 0 aromatic carbocycles. The molecule has 3 fully saturated rings. The maximum Gasteiger partial charge on any atom is 0.220 e. The molecule has 0 bridgehead atoms. The van der Waals surface area contributed by atoms with Gasteiger partial charge in [-0.25, -0.2) is 0 Å². The maximum atomic E-state index is 12.4. The third kappa shape index (κ3) is 6.54. The standard InChI is InChI=1S/C18H34N4O.C2H6/c1-3-21-10-12-22(13-11-21)15-18(6-8-20(2)9-7-18)19-17(23)14-16-4-5-16;1-2/h16H,3-15H2,1-2H3,(H,19,23);1-2H3. The third-order valence-electron chi connectivity index (χ3n) is 5.96. The summed E-state index contributed by atoms with van der Waals surface area (Å²) in [5, 5.41) is 3.48. The summed E-state index contributed by atoms with van der Waals surface area (Å²) in [6.07, 6.45) is 5.44. The molecule has 0 spiro atoms. The Morgan fingerprint density at radius 1 is 1.00 bits per heavy atom. The van der Waals surface area contributed by atoms with E-state index in [1.807, 2.05) is 13.8 Å². The fourth-order valence-electron chi connectivity index (χ4n) is 3.99. The summed E-state index contributed by atoms with van der Waals surface area (Å²) in [5.74, 6) is 0.968. The Kier molecular flexibility index (Phi) is 8.17. The first-order chi connectivity index (χ1) is 12.1. The van der Waals surface area contributed by atoms with Gasteiger partial charge in [-0.2, -0.15) is 0 Å². The molecule has 1 aliphatic carbocycles. The summed E-state index contributed by atoms with van der Waals surface area (Å²) >= 11 is 0. The number of likely N-dealkylation sites (tertiary alicyclic amines) is 1. The van der Waals surface area contributed by atoms with Crippen molar-refractivity contribution in [2.24, 2.45) is 5.92 Å². The maximum absolute atomic E-state index is 12.4. The summed E-state index contributed by atoms with van der Waals surface area (Å²) in [6.45, 7) is 15.2. The Morgan fingerprint density at radius 2 is 1.56 bits per heavy atom. The molecule has 146 valence electrons. The minimum Gasteiger partial charge on any atom is -0.349 e.